The molecular weight excluding hydrogens is 518 g/mol. The maximum Gasteiger partial charge on any atom is 0.330 e. The van der Waals surface area contributed by atoms with Crippen LogP contribution in [0.2, 0.25) is 5.02 Å². The molecule has 0 spiro atoms. The van der Waals surface area contributed by atoms with Crippen LogP contribution in [0.4, 0.5) is 15.3 Å². The quantitative estimate of drug-likeness (QED) is 0.486. The van der Waals surface area contributed by atoms with Crippen molar-refractivity contribution in [2.24, 2.45) is 0 Å². The van der Waals surface area contributed by atoms with Crippen molar-refractivity contribution >= 4 is 35.3 Å². The number of aromatic nitrogens is 2. The highest BCUT2D eigenvalue weighted by Gasteiger charge is 2.37. The topological polar surface area (TPSA) is 123 Å². The number of likely N-dealkylation sites (tertiary alicyclic amines) is 1. The molecule has 0 radical (unpaired) electrons. The molecule has 10 nitrogen and oxygen atoms in total. The molecule has 2 N–H and O–H groups in total. The number of anilines is 1. The Morgan fingerprint density at radius 3 is 2.46 bits per heavy atom. The molecule has 4 amide bonds. The molecule has 2 aromatic carbocycles. The third-order valence-corrected chi connectivity index (χ3v) is 7.48. The van der Waals surface area contributed by atoms with Gasteiger partial charge in [-0.25, -0.2) is 14.6 Å². The first-order chi connectivity index (χ1) is 18.8. The Balaban J connectivity index is 1.25. The van der Waals surface area contributed by atoms with Crippen LogP contribution >= 0.6 is 11.6 Å². The molecule has 0 saturated carbocycles. The first-order valence-electron chi connectivity index (χ1n) is 12.8. The number of nitriles is 1. The van der Waals surface area contributed by atoms with E-state index in [0.717, 1.165) is 11.3 Å². The molecule has 3 aromatic rings. The minimum atomic E-state index is -0.815. The van der Waals surface area contributed by atoms with E-state index in [1.165, 1.54) is 0 Å². The number of rotatable bonds is 6. The van der Waals surface area contributed by atoms with Crippen molar-refractivity contribution in [3.05, 3.63) is 82.4 Å². The van der Waals surface area contributed by atoms with Crippen molar-refractivity contribution in [2.45, 2.75) is 44.8 Å². The highest BCUT2D eigenvalue weighted by atomic mass is 35.5. The lowest BCUT2D eigenvalue weighted by molar-refractivity contribution is -0.134. The number of hydrogen-bond acceptors (Lipinski definition) is 5. The molecule has 1 atom stereocenters. The number of carbonyl (C=O) groups excluding carboxylic acids is 3. The number of urea groups is 1. The summed E-state index contributed by atoms with van der Waals surface area (Å²) >= 11 is 5.93. The molecule has 1 fully saturated rings. The molecule has 1 saturated heterocycles. The number of aryl methyl sites for hydroxylation is 1. The van der Waals surface area contributed by atoms with Gasteiger partial charge in [-0.3, -0.25) is 9.36 Å². The summed E-state index contributed by atoms with van der Waals surface area (Å²) < 4.78 is 1.65. The number of fused-ring (bicyclic) bond motifs is 1. The molecule has 0 unspecified atom stereocenters. The van der Waals surface area contributed by atoms with Crippen LogP contribution in [0.5, 0.6) is 0 Å². The summed E-state index contributed by atoms with van der Waals surface area (Å²) in [5, 5.41) is 15.2. The monoisotopic (exact) mass is 545 g/mol. The van der Waals surface area contributed by atoms with Crippen molar-refractivity contribution in [3.8, 4) is 6.07 Å². The summed E-state index contributed by atoms with van der Waals surface area (Å²) in [5.74, 6) is 0.488. The maximum atomic E-state index is 13.7. The van der Waals surface area contributed by atoms with Crippen LogP contribution in [-0.4, -0.2) is 62.5 Å². The van der Waals surface area contributed by atoms with Crippen molar-refractivity contribution in [1.82, 2.24) is 24.7 Å². The van der Waals surface area contributed by atoms with E-state index in [0.29, 0.717) is 54.6 Å². The standard InChI is InChI=1S/C28H28ClN7O3/c1-18-31-16-24-17-35(28(39)36(18)24)23-10-12-34(13-11-23)26(37)25(14-19-2-4-20(15-30)5-3-19)33-27(38)32-22-8-6-21(29)7-9-22/h2-9,16,23,25H,10-14,17H2,1H3,(H2,32,33,38)/t25-/m1/s1. The van der Waals surface area contributed by atoms with Gasteiger partial charge in [-0.15, -0.1) is 0 Å². The largest absolute Gasteiger partial charge is 0.341 e. The van der Waals surface area contributed by atoms with E-state index >= 15 is 0 Å². The van der Waals surface area contributed by atoms with Crippen LogP contribution in [-0.2, 0) is 17.8 Å². The fourth-order valence-corrected chi connectivity index (χ4v) is 5.27. The maximum absolute atomic E-state index is 13.7. The van der Waals surface area contributed by atoms with Gasteiger partial charge in [0, 0.05) is 36.3 Å². The number of nitrogens with one attached hydrogen (secondary N) is 2. The van der Waals surface area contributed by atoms with Gasteiger partial charge in [0.05, 0.1) is 30.1 Å². The SMILES string of the molecule is Cc1ncc2n1C(=O)N(C1CCN(C(=O)[C@@H](Cc3ccc(C#N)cc3)NC(=O)Nc3ccc(Cl)cc3)CC1)C2. The minimum absolute atomic E-state index is 0.0268. The van der Waals surface area contributed by atoms with Gasteiger partial charge in [0.25, 0.3) is 0 Å². The van der Waals surface area contributed by atoms with Crippen LogP contribution < -0.4 is 10.6 Å². The number of hydrogen-bond donors (Lipinski definition) is 2. The van der Waals surface area contributed by atoms with Gasteiger partial charge < -0.3 is 20.4 Å². The number of imidazole rings is 1. The molecule has 2 aliphatic heterocycles. The van der Waals surface area contributed by atoms with E-state index in [9.17, 15) is 14.4 Å². The van der Waals surface area contributed by atoms with Gasteiger partial charge in [-0.1, -0.05) is 23.7 Å². The van der Waals surface area contributed by atoms with E-state index in [1.54, 1.807) is 64.2 Å². The fraction of sp³-hybridized carbons (Fsp3) is 0.321. The highest BCUT2D eigenvalue weighted by Crippen LogP contribution is 2.26. The molecule has 200 valence electrons. The van der Waals surface area contributed by atoms with Crippen molar-refractivity contribution in [3.63, 3.8) is 0 Å². The lowest BCUT2D eigenvalue weighted by atomic mass is 10.00. The Morgan fingerprint density at radius 1 is 1.13 bits per heavy atom. The number of amides is 4. The third kappa shape index (κ3) is 5.73. The first kappa shape index (κ1) is 26.3. The molecule has 11 heteroatoms. The Hall–Kier alpha value is -4.36. The Morgan fingerprint density at radius 2 is 1.82 bits per heavy atom. The Labute approximate surface area is 231 Å². The van der Waals surface area contributed by atoms with Crippen LogP contribution in [0, 0.1) is 18.3 Å². The zero-order chi connectivity index (χ0) is 27.5. The Kier molecular flexibility index (Phi) is 7.52. The molecule has 0 bridgehead atoms. The minimum Gasteiger partial charge on any atom is -0.341 e. The summed E-state index contributed by atoms with van der Waals surface area (Å²) in [5.41, 5.74) is 2.77. The third-order valence-electron chi connectivity index (χ3n) is 7.23. The van der Waals surface area contributed by atoms with Crippen LogP contribution in [0.3, 0.4) is 0 Å². The second kappa shape index (κ2) is 11.2. The van der Waals surface area contributed by atoms with E-state index in [4.69, 9.17) is 16.9 Å². The average molecular weight is 546 g/mol. The van der Waals surface area contributed by atoms with Crippen molar-refractivity contribution < 1.29 is 14.4 Å². The van der Waals surface area contributed by atoms with Gasteiger partial charge in [0.2, 0.25) is 5.91 Å². The van der Waals surface area contributed by atoms with Gasteiger partial charge in [-0.05, 0) is 61.7 Å². The smallest absolute Gasteiger partial charge is 0.330 e. The summed E-state index contributed by atoms with van der Waals surface area (Å²) in [4.78, 5) is 47.2. The van der Waals surface area contributed by atoms with Crippen molar-refractivity contribution in [1.29, 1.82) is 5.26 Å². The molecule has 0 aliphatic carbocycles. The average Bonchev–Trinajstić information content (AvgIpc) is 3.48. The highest BCUT2D eigenvalue weighted by molar-refractivity contribution is 6.30. The number of piperidine rings is 1. The van der Waals surface area contributed by atoms with Crippen LogP contribution in [0.15, 0.2) is 54.7 Å². The molecule has 3 heterocycles. The lowest BCUT2D eigenvalue weighted by Gasteiger charge is -2.37. The molecule has 1 aromatic heterocycles. The summed E-state index contributed by atoms with van der Waals surface area (Å²) in [6, 6.07) is 14.4. The van der Waals surface area contributed by atoms with E-state index in [2.05, 4.69) is 21.7 Å². The van der Waals surface area contributed by atoms with Crippen LogP contribution in [0.1, 0.15) is 35.5 Å². The molecular formula is C28H28ClN7O3. The predicted octanol–water partition coefficient (Wildman–Crippen LogP) is 3.92. The molecule has 39 heavy (non-hydrogen) atoms. The summed E-state index contributed by atoms with van der Waals surface area (Å²) in [7, 11) is 0. The van der Waals surface area contributed by atoms with Gasteiger partial charge >= 0.3 is 12.1 Å². The van der Waals surface area contributed by atoms with E-state index < -0.39 is 12.1 Å². The van der Waals surface area contributed by atoms with Gasteiger partial charge in [0.1, 0.15) is 11.9 Å². The Bertz CT molecular complexity index is 1420. The fourth-order valence-electron chi connectivity index (χ4n) is 5.15. The van der Waals surface area contributed by atoms with Crippen LogP contribution in [0.25, 0.3) is 0 Å². The number of halogens is 1. The molecule has 2 aliphatic rings. The predicted molar refractivity (Wildman–Crippen MR) is 145 cm³/mol. The second-order valence-electron chi connectivity index (χ2n) is 9.77. The van der Waals surface area contributed by atoms with Crippen molar-refractivity contribution in [2.75, 3.05) is 18.4 Å². The normalized spacial score (nSPS) is 16.0. The lowest BCUT2D eigenvalue weighted by Crippen LogP contribution is -2.54. The van der Waals surface area contributed by atoms with Gasteiger partial charge in [0.15, 0.2) is 0 Å². The number of carbonyl (C=O) groups is 3. The van der Waals surface area contributed by atoms with Gasteiger partial charge in [-0.2, -0.15) is 5.26 Å². The van der Waals surface area contributed by atoms with E-state index in [1.807, 2.05) is 11.8 Å². The summed E-state index contributed by atoms with van der Waals surface area (Å²) in [6.07, 6.45) is 3.30. The number of nitrogens with zero attached hydrogens (tertiary/aromatic N) is 5. The number of benzene rings is 2. The zero-order valence-corrected chi connectivity index (χ0v) is 22.2. The molecule has 5 rings (SSSR count). The first-order valence-corrected chi connectivity index (χ1v) is 13.2. The zero-order valence-electron chi connectivity index (χ0n) is 21.4. The summed E-state index contributed by atoms with van der Waals surface area (Å²) in [6.45, 7) is 3.29. The van der Waals surface area contributed by atoms with E-state index in [-0.39, 0.29) is 24.4 Å². The second-order valence-corrected chi connectivity index (χ2v) is 10.2.